The number of aromatic nitrogens is 1. The number of nitrogens with zero attached hydrogens (tertiary/aromatic N) is 1. The average molecular weight is 681 g/mol. The molecule has 0 aliphatic rings. The predicted octanol–water partition coefficient (Wildman–Crippen LogP) is 6.35. The zero-order chi connectivity index (χ0) is 33.7. The molecule has 0 unspecified atom stereocenters. The molecule has 2 aromatic heterocycles. The minimum Gasteiger partial charge on any atom is -0.455 e. The number of nitrogens with one attached hydrogen (secondary N) is 3. The largest absolute Gasteiger partial charge is 0.455 e. The highest BCUT2D eigenvalue weighted by Crippen LogP contribution is 2.42. The summed E-state index contributed by atoms with van der Waals surface area (Å²) >= 11 is 0. The molecule has 3 N–H and O–H groups in total. The standard InChI is InChI=1S/C32H26F2N4O7S2/c1-4-47(42,43)38-25-16-27-22(28(31(39)35-2)30(44-27)17-8-11-19(33)12-9-17)15-20(25)18-10-13-24(37-46(3,40)41)21(14-18)32-36-29-23(34)6-5-7-26(29)45-32/h5-16,37-38H,4H2,1-3H3,(H,35,39). The lowest BCUT2D eigenvalue weighted by Gasteiger charge is -2.15. The first-order valence-electron chi connectivity index (χ1n) is 14.0. The van der Waals surface area contributed by atoms with Crippen LogP contribution in [0.1, 0.15) is 17.3 Å². The smallest absolute Gasteiger partial charge is 0.255 e. The van der Waals surface area contributed by atoms with Gasteiger partial charge in [0.25, 0.3) is 5.91 Å². The number of furan rings is 1. The van der Waals surface area contributed by atoms with Crippen molar-refractivity contribution in [2.75, 3.05) is 28.5 Å². The van der Waals surface area contributed by atoms with Crippen molar-refractivity contribution in [1.82, 2.24) is 10.3 Å². The van der Waals surface area contributed by atoms with Crippen molar-refractivity contribution in [2.24, 2.45) is 0 Å². The Morgan fingerprint density at radius 1 is 0.830 bits per heavy atom. The summed E-state index contributed by atoms with van der Waals surface area (Å²) < 4.78 is 95.3. The van der Waals surface area contributed by atoms with E-state index in [0.29, 0.717) is 16.5 Å². The third-order valence-electron chi connectivity index (χ3n) is 7.26. The summed E-state index contributed by atoms with van der Waals surface area (Å²) in [5, 5.41) is 2.89. The van der Waals surface area contributed by atoms with Gasteiger partial charge in [-0.05, 0) is 67.1 Å². The number of amides is 1. The number of fused-ring (bicyclic) bond motifs is 2. The Hall–Kier alpha value is -5.28. The second-order valence-electron chi connectivity index (χ2n) is 10.5. The highest BCUT2D eigenvalue weighted by Gasteiger charge is 2.25. The van der Waals surface area contributed by atoms with Gasteiger partial charge < -0.3 is 14.2 Å². The summed E-state index contributed by atoms with van der Waals surface area (Å²) in [6, 6.07) is 16.9. The first-order valence-corrected chi connectivity index (χ1v) is 17.6. The lowest BCUT2D eigenvalue weighted by molar-refractivity contribution is 0.0964. The minimum absolute atomic E-state index is 0.0629. The van der Waals surface area contributed by atoms with E-state index in [-0.39, 0.29) is 62.2 Å². The van der Waals surface area contributed by atoms with E-state index in [9.17, 15) is 30.4 Å². The molecule has 0 bridgehead atoms. The molecule has 0 saturated heterocycles. The van der Waals surface area contributed by atoms with Gasteiger partial charge in [-0.1, -0.05) is 12.1 Å². The number of benzene rings is 4. The van der Waals surface area contributed by atoms with Gasteiger partial charge in [-0.25, -0.2) is 30.6 Å². The van der Waals surface area contributed by atoms with Crippen molar-refractivity contribution in [1.29, 1.82) is 0 Å². The summed E-state index contributed by atoms with van der Waals surface area (Å²) in [7, 11) is -6.21. The first-order chi connectivity index (χ1) is 22.3. The number of sulfonamides is 2. The van der Waals surface area contributed by atoms with Gasteiger partial charge in [-0.15, -0.1) is 0 Å². The second-order valence-corrected chi connectivity index (χ2v) is 14.3. The van der Waals surface area contributed by atoms with E-state index < -0.39 is 37.6 Å². The number of para-hydroxylation sites is 1. The Labute approximate surface area is 267 Å². The predicted molar refractivity (Wildman–Crippen MR) is 175 cm³/mol. The van der Waals surface area contributed by atoms with Crippen LogP contribution in [0.3, 0.4) is 0 Å². The molecule has 47 heavy (non-hydrogen) atoms. The van der Waals surface area contributed by atoms with Gasteiger partial charge in [0.2, 0.25) is 25.9 Å². The van der Waals surface area contributed by atoms with Crippen LogP contribution in [0, 0.1) is 11.6 Å². The van der Waals surface area contributed by atoms with Crippen LogP contribution in [-0.2, 0) is 20.0 Å². The summed E-state index contributed by atoms with van der Waals surface area (Å²) in [4.78, 5) is 17.5. The Balaban J connectivity index is 1.64. The quantitative estimate of drug-likeness (QED) is 0.159. The fraction of sp³-hybridized carbons (Fsp3) is 0.125. The van der Waals surface area contributed by atoms with Crippen molar-refractivity contribution >= 4 is 59.4 Å². The van der Waals surface area contributed by atoms with Gasteiger partial charge in [-0.2, -0.15) is 0 Å². The number of hydrogen-bond acceptors (Lipinski definition) is 8. The first kappa shape index (κ1) is 31.7. The Bertz CT molecular complexity index is 2420. The van der Waals surface area contributed by atoms with Crippen LogP contribution in [0.5, 0.6) is 0 Å². The maximum Gasteiger partial charge on any atom is 0.255 e. The zero-order valence-electron chi connectivity index (χ0n) is 25.0. The van der Waals surface area contributed by atoms with Gasteiger partial charge in [-0.3, -0.25) is 14.2 Å². The van der Waals surface area contributed by atoms with Crippen LogP contribution >= 0.6 is 0 Å². The van der Waals surface area contributed by atoms with E-state index in [1.54, 1.807) is 6.07 Å². The third-order valence-corrected chi connectivity index (χ3v) is 9.14. The maximum absolute atomic E-state index is 14.5. The van der Waals surface area contributed by atoms with E-state index >= 15 is 0 Å². The molecule has 2 heterocycles. The van der Waals surface area contributed by atoms with Crippen molar-refractivity contribution in [3.63, 3.8) is 0 Å². The van der Waals surface area contributed by atoms with Crippen LogP contribution in [0.25, 0.3) is 56.0 Å². The fourth-order valence-corrected chi connectivity index (χ4v) is 6.29. The Morgan fingerprint density at radius 3 is 2.21 bits per heavy atom. The number of oxazole rings is 1. The topological polar surface area (TPSA) is 161 Å². The number of carbonyl (C=O) groups excluding carboxylic acids is 1. The Kier molecular flexibility index (Phi) is 7.97. The fourth-order valence-electron chi connectivity index (χ4n) is 5.07. The van der Waals surface area contributed by atoms with Crippen LogP contribution in [-0.4, -0.2) is 46.8 Å². The van der Waals surface area contributed by atoms with E-state index in [1.807, 2.05) is 0 Å². The number of hydrogen-bond donors (Lipinski definition) is 3. The number of rotatable bonds is 9. The molecule has 0 saturated carbocycles. The third kappa shape index (κ3) is 6.26. The number of halogens is 2. The Morgan fingerprint density at radius 2 is 1.55 bits per heavy atom. The molecule has 4 aromatic carbocycles. The molecular formula is C32H26F2N4O7S2. The lowest BCUT2D eigenvalue weighted by atomic mass is 9.97. The molecule has 6 rings (SSSR count). The average Bonchev–Trinajstić information content (AvgIpc) is 3.62. The van der Waals surface area contributed by atoms with Gasteiger partial charge in [0.05, 0.1) is 34.5 Å². The molecule has 15 heteroatoms. The molecular weight excluding hydrogens is 655 g/mol. The molecule has 11 nitrogen and oxygen atoms in total. The zero-order valence-corrected chi connectivity index (χ0v) is 26.6. The monoisotopic (exact) mass is 680 g/mol. The molecule has 0 aliphatic carbocycles. The van der Waals surface area contributed by atoms with Crippen molar-refractivity contribution in [2.45, 2.75) is 6.92 Å². The molecule has 6 aromatic rings. The lowest BCUT2D eigenvalue weighted by Crippen LogP contribution is -2.18. The van der Waals surface area contributed by atoms with Gasteiger partial charge in [0.1, 0.15) is 22.7 Å². The molecule has 1 amide bonds. The number of carbonyl (C=O) groups is 1. The van der Waals surface area contributed by atoms with Crippen LogP contribution in [0.2, 0.25) is 0 Å². The highest BCUT2D eigenvalue weighted by molar-refractivity contribution is 7.92. The van der Waals surface area contributed by atoms with Gasteiger partial charge in [0, 0.05) is 29.6 Å². The van der Waals surface area contributed by atoms with Gasteiger partial charge >= 0.3 is 0 Å². The summed E-state index contributed by atoms with van der Waals surface area (Å²) in [5.74, 6) is -1.89. The SMILES string of the molecule is CCS(=O)(=O)Nc1cc2oc(-c3ccc(F)cc3)c(C(=O)NC)c2cc1-c1ccc(NS(C)(=O)=O)c(-c2nc3c(F)cccc3o2)c1. The molecule has 0 radical (unpaired) electrons. The highest BCUT2D eigenvalue weighted by atomic mass is 32.2. The van der Waals surface area contributed by atoms with E-state index in [0.717, 1.165) is 6.26 Å². The van der Waals surface area contributed by atoms with Crippen molar-refractivity contribution in [3.05, 3.63) is 90.0 Å². The van der Waals surface area contributed by atoms with Crippen molar-refractivity contribution in [3.8, 4) is 33.9 Å². The van der Waals surface area contributed by atoms with Crippen LogP contribution in [0.4, 0.5) is 20.2 Å². The number of anilines is 2. The van der Waals surface area contributed by atoms with E-state index in [1.165, 1.54) is 80.7 Å². The summed E-state index contributed by atoms with van der Waals surface area (Å²) in [6.45, 7) is 1.46. The van der Waals surface area contributed by atoms with Crippen LogP contribution in [0.15, 0.2) is 81.6 Å². The van der Waals surface area contributed by atoms with E-state index in [2.05, 4.69) is 19.7 Å². The van der Waals surface area contributed by atoms with E-state index in [4.69, 9.17) is 8.83 Å². The normalized spacial score (nSPS) is 12.0. The second kappa shape index (κ2) is 11.8. The maximum atomic E-state index is 14.5. The minimum atomic E-state index is -3.85. The molecule has 0 atom stereocenters. The molecule has 242 valence electrons. The van der Waals surface area contributed by atoms with Crippen LogP contribution < -0.4 is 14.8 Å². The summed E-state index contributed by atoms with van der Waals surface area (Å²) in [6.07, 6.45) is 0.958. The van der Waals surface area contributed by atoms with Crippen molar-refractivity contribution < 1.29 is 39.2 Å². The summed E-state index contributed by atoms with van der Waals surface area (Å²) in [5.41, 5.74) is 1.63. The molecule has 0 aliphatic heterocycles. The van der Waals surface area contributed by atoms with Gasteiger partial charge in [0.15, 0.2) is 11.4 Å². The molecule has 0 fully saturated rings. The molecule has 0 spiro atoms.